The van der Waals surface area contributed by atoms with Crippen molar-refractivity contribution in [1.29, 1.82) is 0 Å². The van der Waals surface area contributed by atoms with E-state index in [2.05, 4.69) is 0 Å². The van der Waals surface area contributed by atoms with Crippen LogP contribution >= 0.6 is 0 Å². The van der Waals surface area contributed by atoms with Gasteiger partial charge in [-0.25, -0.2) is 0 Å². The molecule has 1 aromatic carbocycles. The van der Waals surface area contributed by atoms with Gasteiger partial charge in [0.1, 0.15) is 0 Å². The highest BCUT2D eigenvalue weighted by Gasteiger charge is 2.29. The van der Waals surface area contributed by atoms with Crippen LogP contribution in [0.3, 0.4) is 0 Å². The molecule has 0 heterocycles. The van der Waals surface area contributed by atoms with Crippen molar-refractivity contribution in [3.05, 3.63) is 17.7 Å². The summed E-state index contributed by atoms with van der Waals surface area (Å²) < 4.78 is 16.0. The number of hydrogen-bond donors (Lipinski definition) is 1. The van der Waals surface area contributed by atoms with E-state index in [4.69, 9.17) is 14.2 Å². The Kier molecular flexibility index (Phi) is 4.53. The van der Waals surface area contributed by atoms with Gasteiger partial charge < -0.3 is 19.3 Å². The fourth-order valence-electron chi connectivity index (χ4n) is 2.88. The van der Waals surface area contributed by atoms with Crippen LogP contribution in [0.15, 0.2) is 12.1 Å². The molecule has 106 valence electrons. The predicted molar refractivity (Wildman–Crippen MR) is 73.0 cm³/mol. The summed E-state index contributed by atoms with van der Waals surface area (Å²) in [6, 6.07) is 3.68. The van der Waals surface area contributed by atoms with E-state index in [-0.39, 0.29) is 0 Å². The topological polar surface area (TPSA) is 47.9 Å². The van der Waals surface area contributed by atoms with Gasteiger partial charge in [0.2, 0.25) is 5.75 Å². The summed E-state index contributed by atoms with van der Waals surface area (Å²) in [6.45, 7) is 0. The molecule has 0 bridgehead atoms. The number of rotatable bonds is 5. The summed E-state index contributed by atoms with van der Waals surface area (Å²) in [5, 5.41) is 10.5. The molecule has 1 unspecified atom stereocenters. The molecule has 1 saturated carbocycles. The Morgan fingerprint density at radius 1 is 1.00 bits per heavy atom. The minimum atomic E-state index is -0.503. The Morgan fingerprint density at radius 3 is 2.16 bits per heavy atom. The second-order valence-corrected chi connectivity index (χ2v) is 4.91. The fourth-order valence-corrected chi connectivity index (χ4v) is 2.88. The number of benzene rings is 1. The number of hydrogen-bond acceptors (Lipinski definition) is 4. The average molecular weight is 266 g/mol. The van der Waals surface area contributed by atoms with Crippen LogP contribution in [-0.2, 0) is 0 Å². The van der Waals surface area contributed by atoms with Gasteiger partial charge in [0.15, 0.2) is 11.5 Å². The van der Waals surface area contributed by atoms with Crippen LogP contribution in [-0.4, -0.2) is 26.4 Å². The van der Waals surface area contributed by atoms with Crippen LogP contribution in [0.1, 0.15) is 37.4 Å². The number of ether oxygens (including phenoxy) is 3. The van der Waals surface area contributed by atoms with Gasteiger partial charge in [-0.05, 0) is 30.9 Å². The molecule has 0 spiro atoms. The van der Waals surface area contributed by atoms with Gasteiger partial charge in [0.05, 0.1) is 27.4 Å². The lowest BCUT2D eigenvalue weighted by Gasteiger charge is -2.22. The van der Waals surface area contributed by atoms with Crippen molar-refractivity contribution < 1.29 is 19.3 Å². The largest absolute Gasteiger partial charge is 0.493 e. The molecule has 1 N–H and O–H groups in total. The Morgan fingerprint density at radius 2 is 1.63 bits per heavy atom. The van der Waals surface area contributed by atoms with E-state index in [1.165, 1.54) is 12.8 Å². The Bertz CT molecular complexity index is 424. The third-order valence-corrected chi connectivity index (χ3v) is 3.90. The smallest absolute Gasteiger partial charge is 0.203 e. The summed E-state index contributed by atoms with van der Waals surface area (Å²) in [4.78, 5) is 0. The molecular weight excluding hydrogens is 244 g/mol. The summed E-state index contributed by atoms with van der Waals surface area (Å²) in [5.41, 5.74) is 0.784. The SMILES string of the molecule is COc1ccc(C(O)C2CCCC2)c(OC)c1OC. The molecule has 1 aromatic rings. The highest BCUT2D eigenvalue weighted by atomic mass is 16.5. The van der Waals surface area contributed by atoms with Gasteiger partial charge in [-0.3, -0.25) is 0 Å². The molecule has 0 aromatic heterocycles. The maximum atomic E-state index is 10.5. The van der Waals surface area contributed by atoms with Crippen LogP contribution in [0.25, 0.3) is 0 Å². The van der Waals surface area contributed by atoms with Crippen molar-refractivity contribution in [2.75, 3.05) is 21.3 Å². The molecule has 1 fully saturated rings. The van der Waals surface area contributed by atoms with Gasteiger partial charge in [-0.15, -0.1) is 0 Å². The molecule has 0 saturated heterocycles. The molecule has 4 nitrogen and oxygen atoms in total. The van der Waals surface area contributed by atoms with Crippen molar-refractivity contribution in [2.45, 2.75) is 31.8 Å². The molecule has 4 heteroatoms. The minimum Gasteiger partial charge on any atom is -0.493 e. The summed E-state index contributed by atoms with van der Waals surface area (Å²) in [7, 11) is 4.75. The highest BCUT2D eigenvalue weighted by molar-refractivity contribution is 5.56. The Hall–Kier alpha value is -1.42. The van der Waals surface area contributed by atoms with Crippen molar-refractivity contribution >= 4 is 0 Å². The predicted octanol–water partition coefficient (Wildman–Crippen LogP) is 2.94. The van der Waals surface area contributed by atoms with Crippen LogP contribution in [0.2, 0.25) is 0 Å². The lowest BCUT2D eigenvalue weighted by atomic mass is 9.93. The molecule has 1 aliphatic rings. The Balaban J connectivity index is 2.38. The zero-order valence-electron chi connectivity index (χ0n) is 11.8. The maximum Gasteiger partial charge on any atom is 0.203 e. The Labute approximate surface area is 114 Å². The number of aliphatic hydroxyl groups excluding tert-OH is 1. The van der Waals surface area contributed by atoms with E-state index in [9.17, 15) is 5.11 Å². The third-order valence-electron chi connectivity index (χ3n) is 3.90. The van der Waals surface area contributed by atoms with E-state index in [1.54, 1.807) is 21.3 Å². The van der Waals surface area contributed by atoms with Crippen molar-refractivity contribution in [3.63, 3.8) is 0 Å². The molecule has 0 amide bonds. The molecule has 1 atom stereocenters. The molecule has 1 aliphatic carbocycles. The van der Waals surface area contributed by atoms with Crippen LogP contribution in [0.4, 0.5) is 0 Å². The standard InChI is InChI=1S/C15H22O4/c1-17-12-9-8-11(14(18-2)15(12)19-3)13(16)10-6-4-5-7-10/h8-10,13,16H,4-7H2,1-3H3. The first-order valence-corrected chi connectivity index (χ1v) is 6.69. The van der Waals surface area contributed by atoms with Crippen LogP contribution in [0.5, 0.6) is 17.2 Å². The van der Waals surface area contributed by atoms with Gasteiger partial charge >= 0.3 is 0 Å². The summed E-state index contributed by atoms with van der Waals surface area (Å²) >= 11 is 0. The van der Waals surface area contributed by atoms with Crippen molar-refractivity contribution in [2.24, 2.45) is 5.92 Å². The molecule has 0 aliphatic heterocycles. The quantitative estimate of drug-likeness (QED) is 0.890. The number of methoxy groups -OCH3 is 3. The summed E-state index contributed by atoms with van der Waals surface area (Å²) in [5.74, 6) is 2.04. The molecular formula is C15H22O4. The minimum absolute atomic E-state index is 0.312. The van der Waals surface area contributed by atoms with Gasteiger partial charge in [-0.2, -0.15) is 0 Å². The first-order valence-electron chi connectivity index (χ1n) is 6.69. The van der Waals surface area contributed by atoms with Crippen LogP contribution in [0, 0.1) is 5.92 Å². The lowest BCUT2D eigenvalue weighted by Crippen LogP contribution is -2.11. The summed E-state index contributed by atoms with van der Waals surface area (Å²) in [6.07, 6.45) is 4.02. The van der Waals surface area contributed by atoms with E-state index >= 15 is 0 Å². The molecule has 2 rings (SSSR count). The van der Waals surface area contributed by atoms with Gasteiger partial charge in [0.25, 0.3) is 0 Å². The van der Waals surface area contributed by atoms with Crippen LogP contribution < -0.4 is 14.2 Å². The first-order chi connectivity index (χ1) is 9.22. The second-order valence-electron chi connectivity index (χ2n) is 4.91. The van der Waals surface area contributed by atoms with Gasteiger partial charge in [0, 0.05) is 5.56 Å². The monoisotopic (exact) mass is 266 g/mol. The van der Waals surface area contributed by atoms with E-state index in [1.807, 2.05) is 12.1 Å². The second kappa shape index (κ2) is 6.15. The van der Waals surface area contributed by atoms with Crippen molar-refractivity contribution in [3.8, 4) is 17.2 Å². The van der Waals surface area contributed by atoms with E-state index in [0.29, 0.717) is 23.2 Å². The zero-order chi connectivity index (χ0) is 13.8. The number of aliphatic hydroxyl groups is 1. The fraction of sp³-hybridized carbons (Fsp3) is 0.600. The first kappa shape index (κ1) is 14.0. The third kappa shape index (κ3) is 2.63. The molecule has 0 radical (unpaired) electrons. The highest BCUT2D eigenvalue weighted by Crippen LogP contribution is 2.45. The van der Waals surface area contributed by atoms with E-state index < -0.39 is 6.10 Å². The van der Waals surface area contributed by atoms with Gasteiger partial charge in [-0.1, -0.05) is 12.8 Å². The van der Waals surface area contributed by atoms with E-state index in [0.717, 1.165) is 18.4 Å². The normalized spacial score (nSPS) is 17.3. The van der Waals surface area contributed by atoms with Crippen molar-refractivity contribution in [1.82, 2.24) is 0 Å². The maximum absolute atomic E-state index is 10.5. The lowest BCUT2D eigenvalue weighted by molar-refractivity contribution is 0.108. The zero-order valence-corrected chi connectivity index (χ0v) is 11.8. The molecule has 19 heavy (non-hydrogen) atoms. The average Bonchev–Trinajstić information content (AvgIpc) is 2.98.